The molecule has 2 saturated carbocycles. The van der Waals surface area contributed by atoms with Crippen LogP contribution in [0.5, 0.6) is 0 Å². The molecule has 2 atom stereocenters. The predicted octanol–water partition coefficient (Wildman–Crippen LogP) is 2.05. The number of fused-ring (bicyclic) bond motifs is 1. The van der Waals surface area contributed by atoms with Crippen LogP contribution in [0.15, 0.2) is 0 Å². The lowest BCUT2D eigenvalue weighted by Gasteiger charge is -2.15. The highest BCUT2D eigenvalue weighted by Gasteiger charge is 2.40. The zero-order chi connectivity index (χ0) is 12.4. The molecule has 3 nitrogen and oxygen atoms in total. The third-order valence-corrected chi connectivity index (χ3v) is 4.37. The number of amides is 1. The number of nitrogens with one attached hydrogen (secondary N) is 1. The number of hydrogen-bond acceptors (Lipinski definition) is 2. The Hall–Kier alpha value is -0.570. The van der Waals surface area contributed by atoms with Crippen molar-refractivity contribution in [1.82, 2.24) is 5.32 Å². The van der Waals surface area contributed by atoms with Crippen molar-refractivity contribution < 1.29 is 4.79 Å². The Kier molecular flexibility index (Phi) is 4.08. The van der Waals surface area contributed by atoms with E-state index in [2.05, 4.69) is 19.2 Å². The Labute approximate surface area is 105 Å². The molecule has 0 heterocycles. The topological polar surface area (TPSA) is 55.1 Å². The van der Waals surface area contributed by atoms with E-state index in [4.69, 9.17) is 5.73 Å². The van der Waals surface area contributed by atoms with Gasteiger partial charge in [-0.1, -0.05) is 13.8 Å². The third-order valence-electron chi connectivity index (χ3n) is 4.37. The van der Waals surface area contributed by atoms with E-state index in [0.717, 1.165) is 31.1 Å². The van der Waals surface area contributed by atoms with Crippen molar-refractivity contribution in [1.29, 1.82) is 0 Å². The molecule has 2 aliphatic carbocycles. The number of hydrogen-bond donors (Lipinski definition) is 2. The van der Waals surface area contributed by atoms with E-state index in [9.17, 15) is 4.79 Å². The van der Waals surface area contributed by atoms with Gasteiger partial charge in [0.25, 0.3) is 0 Å². The molecule has 0 aromatic rings. The van der Waals surface area contributed by atoms with Crippen molar-refractivity contribution in [3.05, 3.63) is 0 Å². The summed E-state index contributed by atoms with van der Waals surface area (Å²) < 4.78 is 0. The summed E-state index contributed by atoms with van der Waals surface area (Å²) >= 11 is 0. The average molecular weight is 238 g/mol. The number of carbonyl (C=O) groups excluding carboxylic acids is 1. The van der Waals surface area contributed by atoms with Gasteiger partial charge in [-0.15, -0.1) is 0 Å². The summed E-state index contributed by atoms with van der Waals surface area (Å²) in [5, 5.41) is 3.20. The first kappa shape index (κ1) is 12.9. The number of rotatable bonds is 4. The van der Waals surface area contributed by atoms with Gasteiger partial charge in [-0.3, -0.25) is 4.79 Å². The quantitative estimate of drug-likeness (QED) is 0.787. The first-order valence-electron chi connectivity index (χ1n) is 7.09. The third kappa shape index (κ3) is 3.44. The van der Waals surface area contributed by atoms with Gasteiger partial charge in [0.05, 0.1) is 0 Å². The fraction of sp³-hybridized carbons (Fsp3) is 0.929. The van der Waals surface area contributed by atoms with Gasteiger partial charge in [-0.05, 0) is 49.9 Å². The summed E-state index contributed by atoms with van der Waals surface area (Å²) in [6.07, 6.45) is 6.34. The summed E-state index contributed by atoms with van der Waals surface area (Å²) in [5.41, 5.74) is 5.97. The standard InChI is InChI=1S/C14H26N2O/c1-9(2)3-4-14(17)16-13-7-10-5-12(15)6-11(10)8-13/h9-13H,3-8,15H2,1-2H3,(H,16,17). The molecule has 0 saturated heterocycles. The van der Waals surface area contributed by atoms with Crippen LogP contribution in [0.1, 0.15) is 52.4 Å². The summed E-state index contributed by atoms with van der Waals surface area (Å²) in [7, 11) is 0. The minimum absolute atomic E-state index is 0.243. The Balaban J connectivity index is 1.70. The van der Waals surface area contributed by atoms with Crippen molar-refractivity contribution >= 4 is 5.91 Å². The monoisotopic (exact) mass is 238 g/mol. The van der Waals surface area contributed by atoms with Gasteiger partial charge in [-0.2, -0.15) is 0 Å². The van der Waals surface area contributed by atoms with Crippen molar-refractivity contribution in [3.63, 3.8) is 0 Å². The van der Waals surface area contributed by atoms with Crippen LogP contribution < -0.4 is 11.1 Å². The van der Waals surface area contributed by atoms with Gasteiger partial charge in [-0.25, -0.2) is 0 Å². The van der Waals surface area contributed by atoms with Gasteiger partial charge in [0.15, 0.2) is 0 Å². The van der Waals surface area contributed by atoms with Crippen LogP contribution in [0, 0.1) is 17.8 Å². The van der Waals surface area contributed by atoms with Crippen molar-refractivity contribution in [3.8, 4) is 0 Å². The van der Waals surface area contributed by atoms with E-state index >= 15 is 0 Å². The zero-order valence-electron chi connectivity index (χ0n) is 11.1. The van der Waals surface area contributed by atoms with Gasteiger partial charge < -0.3 is 11.1 Å². The molecule has 2 fully saturated rings. The smallest absolute Gasteiger partial charge is 0.220 e. The molecule has 0 aromatic carbocycles. The predicted molar refractivity (Wildman–Crippen MR) is 69.4 cm³/mol. The second kappa shape index (κ2) is 5.38. The van der Waals surface area contributed by atoms with E-state index in [1.54, 1.807) is 0 Å². The molecule has 0 aliphatic heterocycles. The van der Waals surface area contributed by atoms with Crippen LogP contribution in [-0.4, -0.2) is 18.0 Å². The average Bonchev–Trinajstić information content (AvgIpc) is 2.71. The lowest BCUT2D eigenvalue weighted by Crippen LogP contribution is -2.33. The van der Waals surface area contributed by atoms with Crippen molar-refractivity contribution in [2.75, 3.05) is 0 Å². The Bertz CT molecular complexity index is 263. The van der Waals surface area contributed by atoms with Crippen LogP contribution in [0.3, 0.4) is 0 Å². The second-order valence-electron chi connectivity index (χ2n) is 6.42. The minimum atomic E-state index is 0.243. The maximum atomic E-state index is 11.8. The Morgan fingerprint density at radius 1 is 1.24 bits per heavy atom. The van der Waals surface area contributed by atoms with E-state index in [0.29, 0.717) is 24.4 Å². The SMILES string of the molecule is CC(C)CCC(=O)NC1CC2CC(N)CC2C1. The van der Waals surface area contributed by atoms with Crippen molar-refractivity contribution in [2.24, 2.45) is 23.5 Å². The van der Waals surface area contributed by atoms with Gasteiger partial charge >= 0.3 is 0 Å². The molecule has 0 radical (unpaired) electrons. The largest absolute Gasteiger partial charge is 0.353 e. The molecule has 3 heteroatoms. The Morgan fingerprint density at radius 2 is 1.82 bits per heavy atom. The van der Waals surface area contributed by atoms with E-state index in [-0.39, 0.29) is 5.91 Å². The molecule has 17 heavy (non-hydrogen) atoms. The summed E-state index contributed by atoms with van der Waals surface area (Å²) in [6, 6.07) is 0.847. The maximum Gasteiger partial charge on any atom is 0.220 e. The summed E-state index contributed by atoms with van der Waals surface area (Å²) in [6.45, 7) is 4.32. The highest BCUT2D eigenvalue weighted by atomic mass is 16.1. The van der Waals surface area contributed by atoms with Crippen LogP contribution in [0.25, 0.3) is 0 Å². The zero-order valence-corrected chi connectivity index (χ0v) is 11.1. The molecule has 0 bridgehead atoms. The highest BCUT2D eigenvalue weighted by Crippen LogP contribution is 2.43. The van der Waals surface area contributed by atoms with Crippen LogP contribution in [0.2, 0.25) is 0 Å². The summed E-state index contributed by atoms with van der Waals surface area (Å²) in [4.78, 5) is 11.8. The molecular formula is C14H26N2O. The molecule has 2 aliphatic rings. The van der Waals surface area contributed by atoms with E-state index in [1.165, 1.54) is 12.8 Å². The molecular weight excluding hydrogens is 212 g/mol. The first-order valence-corrected chi connectivity index (χ1v) is 7.09. The second-order valence-corrected chi connectivity index (χ2v) is 6.42. The van der Waals surface area contributed by atoms with Crippen LogP contribution in [-0.2, 0) is 4.79 Å². The van der Waals surface area contributed by atoms with Gasteiger partial charge in [0.2, 0.25) is 5.91 Å². The fourth-order valence-electron chi connectivity index (χ4n) is 3.50. The van der Waals surface area contributed by atoms with Gasteiger partial charge in [0, 0.05) is 18.5 Å². The molecule has 0 spiro atoms. The lowest BCUT2D eigenvalue weighted by molar-refractivity contribution is -0.122. The normalized spacial score (nSPS) is 36.2. The molecule has 3 N–H and O–H groups in total. The lowest BCUT2D eigenvalue weighted by atomic mass is 10.0. The van der Waals surface area contributed by atoms with E-state index < -0.39 is 0 Å². The van der Waals surface area contributed by atoms with Crippen LogP contribution in [0.4, 0.5) is 0 Å². The number of carbonyl (C=O) groups is 1. The molecule has 2 unspecified atom stereocenters. The van der Waals surface area contributed by atoms with Crippen molar-refractivity contribution in [2.45, 2.75) is 64.5 Å². The van der Waals surface area contributed by atoms with Gasteiger partial charge in [0.1, 0.15) is 0 Å². The minimum Gasteiger partial charge on any atom is -0.353 e. The maximum absolute atomic E-state index is 11.8. The fourth-order valence-corrected chi connectivity index (χ4v) is 3.50. The summed E-state index contributed by atoms with van der Waals surface area (Å²) in [5.74, 6) is 2.41. The number of nitrogens with two attached hydrogens (primary N) is 1. The highest BCUT2D eigenvalue weighted by molar-refractivity contribution is 5.76. The molecule has 1 amide bonds. The van der Waals surface area contributed by atoms with Crippen LogP contribution >= 0.6 is 0 Å². The first-order chi connectivity index (χ1) is 8.04. The van der Waals surface area contributed by atoms with E-state index in [1.807, 2.05) is 0 Å². The Morgan fingerprint density at radius 3 is 2.35 bits per heavy atom. The molecule has 0 aromatic heterocycles. The molecule has 98 valence electrons. The molecule has 2 rings (SSSR count).